The molecule has 4 saturated heterocycles. The third-order valence-electron chi connectivity index (χ3n) is 11.3. The first-order valence-electron chi connectivity index (χ1n) is 15.8. The SMILES string of the molecule is CN1CC(=O)N2[C@@H](CC(=O)O)C(=O)N3CC(c4ccccc4)C4CCCC56OC5(C4)C(C6NCc4ccc(F)cc4)N1[C@H]2C3. The topological polar surface area (TPSA) is 109 Å². The maximum Gasteiger partial charge on any atom is 0.305 e. The molecule has 0 radical (unpaired) electrons. The Balaban J connectivity index is 1.23. The van der Waals surface area contributed by atoms with E-state index in [1.807, 2.05) is 35.2 Å². The molecule has 2 saturated carbocycles. The van der Waals surface area contributed by atoms with E-state index in [1.165, 1.54) is 17.7 Å². The molecule has 6 aliphatic rings. The zero-order chi connectivity index (χ0) is 30.4. The summed E-state index contributed by atoms with van der Waals surface area (Å²) >= 11 is 0. The van der Waals surface area contributed by atoms with Crippen LogP contribution in [-0.4, -0.2) is 105 Å². The lowest BCUT2D eigenvalue weighted by atomic mass is 9.60. The minimum Gasteiger partial charge on any atom is -0.481 e. The van der Waals surface area contributed by atoms with Crippen LogP contribution in [0.3, 0.4) is 0 Å². The maximum absolute atomic E-state index is 14.1. The number of carbonyl (C=O) groups excluding carboxylic acids is 2. The molecular formula is C33H38FN5O5. The average Bonchev–Trinajstić information content (AvgIpc) is 3.57. The predicted molar refractivity (Wildman–Crippen MR) is 156 cm³/mol. The second-order valence-electron chi connectivity index (χ2n) is 13.5. The Hall–Kier alpha value is -3.38. The van der Waals surface area contributed by atoms with Crippen molar-refractivity contribution in [2.45, 2.75) is 80.1 Å². The summed E-state index contributed by atoms with van der Waals surface area (Å²) in [6, 6.07) is 15.6. The highest BCUT2D eigenvalue weighted by Crippen LogP contribution is 2.72. The van der Waals surface area contributed by atoms with Gasteiger partial charge in [-0.15, -0.1) is 0 Å². The second kappa shape index (κ2) is 10.1. The van der Waals surface area contributed by atoms with E-state index in [-0.39, 0.29) is 53.7 Å². The van der Waals surface area contributed by atoms with Crippen molar-refractivity contribution < 1.29 is 28.6 Å². The van der Waals surface area contributed by atoms with Crippen LogP contribution in [0.2, 0.25) is 0 Å². The molecule has 4 heterocycles. The molecule has 4 aliphatic heterocycles. The Bertz CT molecular complexity index is 1490. The van der Waals surface area contributed by atoms with Gasteiger partial charge in [-0.1, -0.05) is 48.9 Å². The molecule has 0 aromatic heterocycles. The molecule has 44 heavy (non-hydrogen) atoms. The number of piperazine rings is 1. The summed E-state index contributed by atoms with van der Waals surface area (Å²) in [5.41, 5.74) is 1.37. The number of fused-ring (bicyclic) bond motifs is 3. The molecule has 6 fully saturated rings. The molecule has 4 bridgehead atoms. The van der Waals surface area contributed by atoms with Crippen LogP contribution < -0.4 is 5.32 Å². The third kappa shape index (κ3) is 4.02. The number of benzene rings is 2. The van der Waals surface area contributed by atoms with Crippen LogP contribution in [0.1, 0.15) is 49.1 Å². The van der Waals surface area contributed by atoms with Crippen molar-refractivity contribution >= 4 is 17.8 Å². The first-order chi connectivity index (χ1) is 21.2. The fourth-order valence-corrected chi connectivity index (χ4v) is 9.48. The fourth-order valence-electron chi connectivity index (χ4n) is 9.48. The number of epoxide rings is 1. The van der Waals surface area contributed by atoms with Crippen LogP contribution >= 0.6 is 0 Å². The number of halogens is 1. The van der Waals surface area contributed by atoms with E-state index < -0.39 is 30.2 Å². The molecule has 8 atom stereocenters. The van der Waals surface area contributed by atoms with E-state index in [1.54, 1.807) is 17.0 Å². The number of rotatable bonds is 6. The monoisotopic (exact) mass is 603 g/mol. The molecular weight excluding hydrogens is 565 g/mol. The van der Waals surface area contributed by atoms with E-state index >= 15 is 0 Å². The largest absolute Gasteiger partial charge is 0.481 e. The summed E-state index contributed by atoms with van der Waals surface area (Å²) in [6.45, 7) is 1.36. The quantitative estimate of drug-likeness (QED) is 0.484. The third-order valence-corrected chi connectivity index (χ3v) is 11.3. The van der Waals surface area contributed by atoms with Crippen LogP contribution in [0.25, 0.3) is 0 Å². The molecule has 232 valence electrons. The highest BCUT2D eigenvalue weighted by Gasteiger charge is 2.89. The van der Waals surface area contributed by atoms with Gasteiger partial charge in [0.25, 0.3) is 0 Å². The molecule has 8 rings (SSSR count). The average molecular weight is 604 g/mol. The lowest BCUT2D eigenvalue weighted by Gasteiger charge is -2.62. The van der Waals surface area contributed by atoms with Gasteiger partial charge in [0.15, 0.2) is 0 Å². The Kier molecular flexibility index (Phi) is 6.43. The number of carboxylic acid groups (broad SMARTS) is 1. The van der Waals surface area contributed by atoms with Crippen LogP contribution in [0, 0.1) is 11.7 Å². The van der Waals surface area contributed by atoms with E-state index in [0.717, 1.165) is 31.2 Å². The molecule has 6 unspecified atom stereocenters. The Labute approximate surface area is 255 Å². The van der Waals surface area contributed by atoms with Gasteiger partial charge in [0, 0.05) is 26.1 Å². The van der Waals surface area contributed by atoms with Crippen LogP contribution in [-0.2, 0) is 25.7 Å². The number of hydrazine groups is 1. The number of amides is 2. The number of carboxylic acids is 1. The summed E-state index contributed by atoms with van der Waals surface area (Å²) in [7, 11) is 1.91. The number of nitrogens with zero attached hydrogens (tertiary/aromatic N) is 4. The highest BCUT2D eigenvalue weighted by atomic mass is 19.1. The highest BCUT2D eigenvalue weighted by molar-refractivity contribution is 5.93. The van der Waals surface area contributed by atoms with Crippen LogP contribution in [0.5, 0.6) is 0 Å². The number of nitrogens with one attached hydrogen (secondary N) is 1. The molecule has 2 N–H and O–H groups in total. The fraction of sp³-hybridized carbons (Fsp3) is 0.545. The van der Waals surface area contributed by atoms with Crippen molar-refractivity contribution in [3.8, 4) is 0 Å². The first kappa shape index (κ1) is 28.1. The molecule has 10 nitrogen and oxygen atoms in total. The number of aliphatic carboxylic acids is 1. The summed E-state index contributed by atoms with van der Waals surface area (Å²) in [4.78, 5) is 43.1. The van der Waals surface area contributed by atoms with Crippen LogP contribution in [0.4, 0.5) is 4.39 Å². The van der Waals surface area contributed by atoms with Gasteiger partial charge in [-0.05, 0) is 48.4 Å². The summed E-state index contributed by atoms with van der Waals surface area (Å²) < 4.78 is 20.6. The van der Waals surface area contributed by atoms with Crippen molar-refractivity contribution in [2.75, 3.05) is 26.7 Å². The van der Waals surface area contributed by atoms with Crippen LogP contribution in [0.15, 0.2) is 54.6 Å². The first-order valence-corrected chi connectivity index (χ1v) is 15.8. The number of likely N-dealkylation sites (N-methyl/N-ethyl adjacent to an activating group) is 1. The van der Waals surface area contributed by atoms with Gasteiger partial charge in [0.1, 0.15) is 29.2 Å². The molecule has 2 aromatic rings. The molecule has 2 aromatic carbocycles. The van der Waals surface area contributed by atoms with Crippen molar-refractivity contribution in [2.24, 2.45) is 5.92 Å². The number of carbonyl (C=O) groups is 3. The number of hydrogen-bond acceptors (Lipinski definition) is 7. The van der Waals surface area contributed by atoms with Gasteiger partial charge in [0.05, 0.1) is 31.6 Å². The summed E-state index contributed by atoms with van der Waals surface area (Å²) in [6.07, 6.45) is 2.81. The maximum atomic E-state index is 14.1. The van der Waals surface area contributed by atoms with Crippen molar-refractivity contribution in [1.82, 2.24) is 25.1 Å². The lowest BCUT2D eigenvalue weighted by molar-refractivity contribution is -0.226. The Morgan fingerprint density at radius 2 is 1.86 bits per heavy atom. The zero-order valence-electron chi connectivity index (χ0n) is 24.8. The molecule has 11 heteroatoms. The van der Waals surface area contributed by atoms with E-state index in [2.05, 4.69) is 22.5 Å². The van der Waals surface area contributed by atoms with Crippen molar-refractivity contribution in [3.63, 3.8) is 0 Å². The number of ether oxygens (including phenoxy) is 1. The van der Waals surface area contributed by atoms with Gasteiger partial charge in [-0.25, -0.2) is 14.4 Å². The van der Waals surface area contributed by atoms with E-state index in [4.69, 9.17) is 4.74 Å². The Morgan fingerprint density at radius 1 is 1.09 bits per heavy atom. The minimum absolute atomic E-state index is 0.0558. The van der Waals surface area contributed by atoms with Crippen molar-refractivity contribution in [1.29, 1.82) is 0 Å². The summed E-state index contributed by atoms with van der Waals surface area (Å²) in [5.74, 6) is -1.58. The second-order valence-corrected chi connectivity index (χ2v) is 13.5. The normalized spacial score (nSPS) is 38.0. The van der Waals surface area contributed by atoms with Gasteiger partial charge in [-0.3, -0.25) is 14.4 Å². The Morgan fingerprint density at radius 3 is 2.61 bits per heavy atom. The zero-order valence-corrected chi connectivity index (χ0v) is 24.8. The molecule has 1 spiro atoms. The van der Waals surface area contributed by atoms with E-state index in [0.29, 0.717) is 19.6 Å². The molecule has 2 aliphatic carbocycles. The van der Waals surface area contributed by atoms with Gasteiger partial charge in [-0.2, -0.15) is 0 Å². The van der Waals surface area contributed by atoms with E-state index in [9.17, 15) is 23.9 Å². The minimum atomic E-state index is -1.10. The lowest BCUT2D eigenvalue weighted by Crippen LogP contribution is -2.83. The smallest absolute Gasteiger partial charge is 0.305 e. The van der Waals surface area contributed by atoms with Gasteiger partial charge in [0.2, 0.25) is 11.8 Å². The van der Waals surface area contributed by atoms with Gasteiger partial charge < -0.3 is 25.0 Å². The van der Waals surface area contributed by atoms with Gasteiger partial charge >= 0.3 is 5.97 Å². The predicted octanol–water partition coefficient (Wildman–Crippen LogP) is 2.16. The summed E-state index contributed by atoms with van der Waals surface area (Å²) in [5, 5.41) is 17.8. The van der Waals surface area contributed by atoms with Crippen molar-refractivity contribution in [3.05, 3.63) is 71.5 Å². The standard InChI is InChI=1S/C33H38FN5O5/c1-36-19-27(40)38-25(14-28(41)42)31(43)37-17-24(21-6-3-2-4-7-21)22-8-5-13-32-29(35-16-20-9-11-23(34)12-10-20)30(33(32,15-22)44-32)39(36)26(38)18-37/h2-4,6-7,9-12,22,24-26,29-30,35H,5,8,13-19H2,1H3,(H,41,42)/t22?,24?,25-,26-,29?,30?,32?,33?/m0/s1. The molecule has 2 amide bonds. The number of hydrogen-bond donors (Lipinski definition) is 2.